The summed E-state index contributed by atoms with van der Waals surface area (Å²) >= 11 is 0. The fourth-order valence-corrected chi connectivity index (χ4v) is 1.73. The van der Waals surface area contributed by atoms with E-state index < -0.39 is 0 Å². The molecule has 0 saturated heterocycles. The van der Waals surface area contributed by atoms with Gasteiger partial charge in [0, 0.05) is 12.4 Å². The van der Waals surface area contributed by atoms with Crippen molar-refractivity contribution in [2.75, 3.05) is 11.1 Å². The number of nitrogens with zero attached hydrogens (tertiary/aromatic N) is 3. The molecule has 0 saturated carbocycles. The molecule has 0 radical (unpaired) electrons. The maximum atomic E-state index is 6.03. The van der Waals surface area contributed by atoms with Crippen molar-refractivity contribution in [3.63, 3.8) is 0 Å². The predicted molar refractivity (Wildman–Crippen MR) is 78.5 cm³/mol. The summed E-state index contributed by atoms with van der Waals surface area (Å²) < 4.78 is 5.54. The number of rotatable bonds is 5. The smallest absolute Gasteiger partial charge is 0.242 e. The van der Waals surface area contributed by atoms with E-state index in [0.29, 0.717) is 17.4 Å². The van der Waals surface area contributed by atoms with Crippen molar-refractivity contribution in [1.29, 1.82) is 0 Å². The van der Waals surface area contributed by atoms with Crippen LogP contribution in [0.2, 0.25) is 0 Å². The van der Waals surface area contributed by atoms with Crippen LogP contribution in [0.15, 0.2) is 30.9 Å². The lowest BCUT2D eigenvalue weighted by Crippen LogP contribution is -2.13. The zero-order chi connectivity index (χ0) is 14.5. The van der Waals surface area contributed by atoms with Gasteiger partial charge < -0.3 is 15.8 Å². The van der Waals surface area contributed by atoms with Crippen molar-refractivity contribution >= 4 is 11.5 Å². The third-order valence-electron chi connectivity index (χ3n) is 2.73. The number of pyridine rings is 1. The third kappa shape index (κ3) is 3.34. The van der Waals surface area contributed by atoms with Gasteiger partial charge in [0.15, 0.2) is 5.82 Å². The van der Waals surface area contributed by atoms with Crippen LogP contribution in [0.1, 0.15) is 32.4 Å². The summed E-state index contributed by atoms with van der Waals surface area (Å²) in [7, 11) is 0. The van der Waals surface area contributed by atoms with Gasteiger partial charge in [0.2, 0.25) is 5.88 Å². The van der Waals surface area contributed by atoms with Crippen LogP contribution in [-0.4, -0.2) is 21.1 Å². The third-order valence-corrected chi connectivity index (χ3v) is 2.73. The van der Waals surface area contributed by atoms with E-state index in [1.165, 1.54) is 6.33 Å². The summed E-state index contributed by atoms with van der Waals surface area (Å²) in [6, 6.07) is 3.92. The topological polar surface area (TPSA) is 86.0 Å². The summed E-state index contributed by atoms with van der Waals surface area (Å²) in [5.41, 5.74) is 7.50. The Morgan fingerprint density at radius 2 is 2.05 bits per heavy atom. The Balaban J connectivity index is 2.17. The first kappa shape index (κ1) is 14.0. The molecule has 0 aliphatic carbocycles. The maximum Gasteiger partial charge on any atom is 0.242 e. The Labute approximate surface area is 118 Å². The number of nitrogen functional groups attached to an aromatic ring is 1. The van der Waals surface area contributed by atoms with E-state index in [9.17, 15) is 0 Å². The molecule has 2 aromatic rings. The van der Waals surface area contributed by atoms with Crippen molar-refractivity contribution < 1.29 is 4.74 Å². The van der Waals surface area contributed by atoms with Gasteiger partial charge in [0.05, 0.1) is 12.1 Å². The van der Waals surface area contributed by atoms with Crippen LogP contribution < -0.4 is 15.8 Å². The second-order valence-corrected chi connectivity index (χ2v) is 4.76. The van der Waals surface area contributed by atoms with Gasteiger partial charge >= 0.3 is 0 Å². The van der Waals surface area contributed by atoms with Gasteiger partial charge in [-0.1, -0.05) is 6.07 Å². The van der Waals surface area contributed by atoms with Crippen LogP contribution in [0, 0.1) is 0 Å². The molecule has 2 rings (SSSR count). The van der Waals surface area contributed by atoms with Crippen LogP contribution in [0.4, 0.5) is 11.5 Å². The number of hydrogen-bond acceptors (Lipinski definition) is 6. The fraction of sp³-hybridized carbons (Fsp3) is 0.357. The van der Waals surface area contributed by atoms with E-state index >= 15 is 0 Å². The summed E-state index contributed by atoms with van der Waals surface area (Å²) in [6.07, 6.45) is 4.99. The molecule has 3 N–H and O–H groups in total. The lowest BCUT2D eigenvalue weighted by molar-refractivity contribution is 0.234. The zero-order valence-electron chi connectivity index (χ0n) is 11.9. The van der Waals surface area contributed by atoms with Gasteiger partial charge in [0.25, 0.3) is 0 Å². The number of nitrogens with two attached hydrogens (primary N) is 1. The summed E-state index contributed by atoms with van der Waals surface area (Å²) in [5, 5.41) is 3.24. The molecule has 0 amide bonds. The highest BCUT2D eigenvalue weighted by Crippen LogP contribution is 2.28. The minimum Gasteiger partial charge on any atom is -0.473 e. The molecule has 1 unspecified atom stereocenters. The Morgan fingerprint density at radius 1 is 1.25 bits per heavy atom. The molecule has 2 heterocycles. The standard InChI is InChI=1S/C14H19N5O/c1-9(2)20-14-12(15)13(17-8-18-14)19-10(3)11-5-4-6-16-7-11/h4-10H,15H2,1-3H3,(H,17,18,19). The average molecular weight is 273 g/mol. The highest BCUT2D eigenvalue weighted by molar-refractivity contribution is 5.66. The van der Waals surface area contributed by atoms with E-state index in [-0.39, 0.29) is 12.1 Å². The number of ether oxygens (including phenoxy) is 1. The highest BCUT2D eigenvalue weighted by atomic mass is 16.5. The second kappa shape index (κ2) is 6.18. The monoisotopic (exact) mass is 273 g/mol. The molecule has 6 nitrogen and oxygen atoms in total. The molecular weight excluding hydrogens is 254 g/mol. The SMILES string of the molecule is CC(C)Oc1ncnc(NC(C)c2cccnc2)c1N. The molecule has 20 heavy (non-hydrogen) atoms. The molecule has 106 valence electrons. The Hall–Kier alpha value is -2.37. The minimum absolute atomic E-state index is 0.01000. The summed E-state index contributed by atoms with van der Waals surface area (Å²) in [5.74, 6) is 0.961. The average Bonchev–Trinajstić information content (AvgIpc) is 2.43. The summed E-state index contributed by atoms with van der Waals surface area (Å²) in [6.45, 7) is 5.86. The lowest BCUT2D eigenvalue weighted by atomic mass is 10.1. The summed E-state index contributed by atoms with van der Waals surface area (Å²) in [4.78, 5) is 12.3. The van der Waals surface area contributed by atoms with Crippen LogP contribution >= 0.6 is 0 Å². The molecule has 6 heteroatoms. The number of anilines is 2. The first-order chi connectivity index (χ1) is 9.58. The van der Waals surface area contributed by atoms with Crippen molar-refractivity contribution in [2.24, 2.45) is 0 Å². The molecule has 0 aliphatic heterocycles. The minimum atomic E-state index is 0.01000. The molecule has 0 spiro atoms. The van der Waals surface area contributed by atoms with Crippen LogP contribution in [0.5, 0.6) is 5.88 Å². The van der Waals surface area contributed by atoms with E-state index in [2.05, 4.69) is 20.3 Å². The normalized spacial score (nSPS) is 12.2. The maximum absolute atomic E-state index is 6.03. The van der Waals surface area contributed by atoms with Crippen molar-refractivity contribution in [2.45, 2.75) is 32.9 Å². The molecule has 0 aliphatic rings. The first-order valence-electron chi connectivity index (χ1n) is 6.51. The van der Waals surface area contributed by atoms with Crippen LogP contribution in [-0.2, 0) is 0 Å². The van der Waals surface area contributed by atoms with Crippen molar-refractivity contribution in [1.82, 2.24) is 15.0 Å². The second-order valence-electron chi connectivity index (χ2n) is 4.76. The van der Waals surface area contributed by atoms with E-state index in [4.69, 9.17) is 10.5 Å². The van der Waals surface area contributed by atoms with Gasteiger partial charge in [-0.25, -0.2) is 4.98 Å². The van der Waals surface area contributed by atoms with Gasteiger partial charge in [-0.15, -0.1) is 0 Å². The highest BCUT2D eigenvalue weighted by Gasteiger charge is 2.13. The van der Waals surface area contributed by atoms with Crippen LogP contribution in [0.3, 0.4) is 0 Å². The van der Waals surface area contributed by atoms with Gasteiger partial charge in [-0.05, 0) is 32.4 Å². The lowest BCUT2D eigenvalue weighted by Gasteiger charge is -2.17. The van der Waals surface area contributed by atoms with Gasteiger partial charge in [0.1, 0.15) is 12.0 Å². The molecule has 0 fully saturated rings. The van der Waals surface area contributed by atoms with E-state index in [1.807, 2.05) is 32.9 Å². The molecular formula is C14H19N5O. The fourth-order valence-electron chi connectivity index (χ4n) is 1.73. The molecule has 1 atom stereocenters. The van der Waals surface area contributed by atoms with Gasteiger partial charge in [-0.3, -0.25) is 4.98 Å². The van der Waals surface area contributed by atoms with Crippen LogP contribution in [0.25, 0.3) is 0 Å². The van der Waals surface area contributed by atoms with E-state index in [1.54, 1.807) is 12.4 Å². The zero-order valence-corrected chi connectivity index (χ0v) is 11.9. The molecule has 0 bridgehead atoms. The molecule has 2 aromatic heterocycles. The van der Waals surface area contributed by atoms with Gasteiger partial charge in [-0.2, -0.15) is 4.98 Å². The van der Waals surface area contributed by atoms with E-state index in [0.717, 1.165) is 5.56 Å². The Morgan fingerprint density at radius 3 is 2.70 bits per heavy atom. The Bertz CT molecular complexity index is 559. The largest absolute Gasteiger partial charge is 0.473 e. The Kier molecular flexibility index (Phi) is 4.34. The molecule has 0 aromatic carbocycles. The quantitative estimate of drug-likeness (QED) is 0.870. The number of aromatic nitrogens is 3. The van der Waals surface area contributed by atoms with Crippen molar-refractivity contribution in [3.8, 4) is 5.88 Å². The first-order valence-corrected chi connectivity index (χ1v) is 6.51. The number of nitrogens with one attached hydrogen (secondary N) is 1. The predicted octanol–water partition coefficient (Wildman–Crippen LogP) is 2.41. The number of hydrogen-bond donors (Lipinski definition) is 2. The van der Waals surface area contributed by atoms with Crippen molar-refractivity contribution in [3.05, 3.63) is 36.4 Å².